The van der Waals surface area contributed by atoms with E-state index in [9.17, 15) is 9.67 Å². The molecule has 2 aromatic rings. The summed E-state index contributed by atoms with van der Waals surface area (Å²) in [7, 11) is -1.43. The summed E-state index contributed by atoms with van der Waals surface area (Å²) in [5.41, 5.74) is 6.03. The van der Waals surface area contributed by atoms with E-state index in [1.807, 2.05) is 0 Å². The van der Waals surface area contributed by atoms with Gasteiger partial charge < -0.3 is 24.7 Å². The maximum atomic E-state index is 11.9. The first-order valence-corrected chi connectivity index (χ1v) is 8.98. The second-order valence-corrected chi connectivity index (χ2v) is 8.21. The molecule has 120 valence electrons. The molecule has 1 fully saturated rings. The van der Waals surface area contributed by atoms with Crippen molar-refractivity contribution in [3.8, 4) is 0 Å². The van der Waals surface area contributed by atoms with Crippen LogP contribution < -0.4 is 5.73 Å². The van der Waals surface area contributed by atoms with Gasteiger partial charge in [-0.1, -0.05) is 0 Å². The van der Waals surface area contributed by atoms with E-state index in [-0.39, 0.29) is 6.35 Å². The number of nitrogens with two attached hydrogens (primary N) is 1. The number of hydrogen-bond donors (Lipinski definition) is 2. The van der Waals surface area contributed by atoms with Gasteiger partial charge in [0.1, 0.15) is 23.8 Å². The minimum Gasteiger partial charge on any atom is -0.390 e. The van der Waals surface area contributed by atoms with Gasteiger partial charge in [0.25, 0.3) is 0 Å². The molecular weight excluding hydrogens is 309 g/mol. The third-order valence-electron chi connectivity index (χ3n) is 3.83. The number of nitrogens with zero attached hydrogens (tertiary/aromatic N) is 4. The van der Waals surface area contributed by atoms with Gasteiger partial charge in [0, 0.05) is 20.2 Å². The van der Waals surface area contributed by atoms with Crippen molar-refractivity contribution in [2.24, 2.45) is 0 Å². The predicted molar refractivity (Wildman–Crippen MR) is 79.6 cm³/mol. The number of nitrogen functional groups attached to an aromatic ring is 1. The van der Waals surface area contributed by atoms with Crippen LogP contribution in [0.2, 0.25) is 0 Å². The fraction of sp³-hybridized carbons (Fsp3) is 0.583. The van der Waals surface area contributed by atoms with Crippen molar-refractivity contribution in [1.82, 2.24) is 19.5 Å². The van der Waals surface area contributed by atoms with Crippen LogP contribution in [0.4, 0.5) is 5.82 Å². The van der Waals surface area contributed by atoms with E-state index in [1.165, 1.54) is 20.1 Å². The van der Waals surface area contributed by atoms with Crippen LogP contribution in [0, 0.1) is 0 Å². The molecule has 10 heteroatoms. The molecule has 3 unspecified atom stereocenters. The van der Waals surface area contributed by atoms with E-state index in [1.54, 1.807) is 10.9 Å². The largest absolute Gasteiger partial charge is 0.390 e. The van der Waals surface area contributed by atoms with E-state index in [2.05, 4.69) is 15.0 Å². The minimum absolute atomic E-state index is 0.0513. The van der Waals surface area contributed by atoms with Gasteiger partial charge in [-0.05, 0) is 0 Å². The topological polar surface area (TPSA) is 125 Å². The van der Waals surface area contributed by atoms with Crippen LogP contribution in [0.25, 0.3) is 11.2 Å². The lowest BCUT2D eigenvalue weighted by Crippen LogP contribution is -2.27. The summed E-state index contributed by atoms with van der Waals surface area (Å²) in [5.74, 6) is 0.299. The zero-order valence-electron chi connectivity index (χ0n) is 12.3. The van der Waals surface area contributed by atoms with Crippen molar-refractivity contribution in [1.29, 1.82) is 0 Å². The third-order valence-corrected chi connectivity index (χ3v) is 5.20. The Bertz CT molecular complexity index is 750. The third kappa shape index (κ3) is 2.72. The molecule has 3 atom stereocenters. The van der Waals surface area contributed by atoms with Gasteiger partial charge in [-0.15, -0.1) is 0 Å². The van der Waals surface area contributed by atoms with Gasteiger partial charge in [0.15, 0.2) is 11.5 Å². The SMILES string of the molecule is COP(C)(=O)COC1(Cn2cnc3c(N)ncnc32)CC1O. The molecule has 9 nitrogen and oxygen atoms in total. The maximum absolute atomic E-state index is 11.9. The molecule has 0 amide bonds. The number of aliphatic hydroxyl groups is 1. The number of ether oxygens (including phenoxy) is 1. The predicted octanol–water partition coefficient (Wildman–Crippen LogP) is 0.440. The van der Waals surface area contributed by atoms with Crippen molar-refractivity contribution >= 4 is 24.4 Å². The van der Waals surface area contributed by atoms with E-state index in [4.69, 9.17) is 15.0 Å². The maximum Gasteiger partial charge on any atom is 0.224 e. The Morgan fingerprint density at radius 2 is 2.27 bits per heavy atom. The first kappa shape index (κ1) is 15.4. The van der Waals surface area contributed by atoms with E-state index < -0.39 is 19.1 Å². The van der Waals surface area contributed by atoms with Crippen molar-refractivity contribution in [2.75, 3.05) is 25.9 Å². The zero-order chi connectivity index (χ0) is 16.0. The Hall–Kier alpha value is -1.54. The van der Waals surface area contributed by atoms with Crippen molar-refractivity contribution in [3.63, 3.8) is 0 Å². The lowest BCUT2D eigenvalue weighted by atomic mass is 10.3. The summed E-state index contributed by atoms with van der Waals surface area (Å²) >= 11 is 0. The Morgan fingerprint density at radius 3 is 2.91 bits per heavy atom. The molecule has 2 heterocycles. The van der Waals surface area contributed by atoms with Crippen LogP contribution in [0.1, 0.15) is 6.42 Å². The minimum atomic E-state index is -2.81. The highest BCUT2D eigenvalue weighted by atomic mass is 31.2. The summed E-state index contributed by atoms with van der Waals surface area (Å²) in [6.45, 7) is 1.83. The van der Waals surface area contributed by atoms with E-state index in [0.717, 1.165) is 0 Å². The number of rotatable bonds is 6. The Labute approximate surface area is 126 Å². The Kier molecular flexibility index (Phi) is 3.68. The lowest BCUT2D eigenvalue weighted by molar-refractivity contribution is 0.00977. The van der Waals surface area contributed by atoms with Crippen molar-refractivity contribution in [2.45, 2.75) is 24.7 Å². The van der Waals surface area contributed by atoms with Crippen LogP contribution in [-0.2, 0) is 20.4 Å². The quantitative estimate of drug-likeness (QED) is 0.732. The molecule has 3 rings (SSSR count). The second kappa shape index (κ2) is 5.27. The molecule has 1 saturated carbocycles. The van der Waals surface area contributed by atoms with Gasteiger partial charge in [0.2, 0.25) is 7.37 Å². The number of aromatic nitrogens is 4. The van der Waals surface area contributed by atoms with Gasteiger partial charge >= 0.3 is 0 Å². The van der Waals surface area contributed by atoms with Gasteiger partial charge in [0.05, 0.1) is 19.0 Å². The molecule has 0 radical (unpaired) electrons. The molecule has 0 bridgehead atoms. The highest BCUT2D eigenvalue weighted by Gasteiger charge is 2.56. The standard InChI is InChI=1S/C12H18N5O4P/c1-20-22(2,19)7-21-12(3-8(12)18)4-17-6-16-9-10(13)14-5-15-11(9)17/h5-6,8,18H,3-4,7H2,1-2H3,(H2,13,14,15). The monoisotopic (exact) mass is 327 g/mol. The second-order valence-electron chi connectivity index (χ2n) is 5.56. The average Bonchev–Trinajstić information content (AvgIpc) is 2.92. The fourth-order valence-corrected chi connectivity index (χ4v) is 2.84. The molecule has 0 aromatic carbocycles. The van der Waals surface area contributed by atoms with E-state index >= 15 is 0 Å². The van der Waals surface area contributed by atoms with Gasteiger partial charge in [-0.3, -0.25) is 4.57 Å². The van der Waals surface area contributed by atoms with Crippen LogP contribution in [0.5, 0.6) is 0 Å². The number of fused-ring (bicyclic) bond motifs is 1. The number of aliphatic hydroxyl groups excluding tert-OH is 1. The molecule has 3 N–H and O–H groups in total. The molecule has 2 aromatic heterocycles. The fourth-order valence-electron chi connectivity index (χ4n) is 2.24. The van der Waals surface area contributed by atoms with E-state index in [0.29, 0.717) is 29.9 Å². The highest BCUT2D eigenvalue weighted by molar-refractivity contribution is 7.57. The Balaban J connectivity index is 1.81. The lowest BCUT2D eigenvalue weighted by Gasteiger charge is -2.20. The first-order valence-electron chi connectivity index (χ1n) is 6.72. The van der Waals surface area contributed by atoms with Gasteiger partial charge in [-0.25, -0.2) is 15.0 Å². The molecule has 1 aliphatic rings. The smallest absolute Gasteiger partial charge is 0.224 e. The number of imidazole rings is 1. The molecule has 1 aliphatic carbocycles. The van der Waals surface area contributed by atoms with Crippen LogP contribution in [0.3, 0.4) is 0 Å². The summed E-state index contributed by atoms with van der Waals surface area (Å²) in [4.78, 5) is 12.2. The zero-order valence-corrected chi connectivity index (χ0v) is 13.2. The summed E-state index contributed by atoms with van der Waals surface area (Å²) in [6.07, 6.45) is 2.72. The number of anilines is 1. The molecular formula is C12H18N5O4P. The van der Waals surface area contributed by atoms with Crippen molar-refractivity contribution < 1.29 is 18.9 Å². The summed E-state index contributed by atoms with van der Waals surface area (Å²) in [6, 6.07) is 0. The van der Waals surface area contributed by atoms with Crippen LogP contribution >= 0.6 is 7.37 Å². The molecule has 0 aliphatic heterocycles. The average molecular weight is 327 g/mol. The van der Waals surface area contributed by atoms with Crippen molar-refractivity contribution in [3.05, 3.63) is 12.7 Å². The van der Waals surface area contributed by atoms with Gasteiger partial charge in [-0.2, -0.15) is 0 Å². The normalized spacial score (nSPS) is 27.0. The molecule has 22 heavy (non-hydrogen) atoms. The van der Waals surface area contributed by atoms with Crippen LogP contribution in [-0.4, -0.2) is 56.5 Å². The summed E-state index contributed by atoms with van der Waals surface area (Å²) in [5, 5.41) is 9.93. The van der Waals surface area contributed by atoms with Crippen LogP contribution in [0.15, 0.2) is 12.7 Å². The summed E-state index contributed by atoms with van der Waals surface area (Å²) < 4.78 is 24.3. The highest BCUT2D eigenvalue weighted by Crippen LogP contribution is 2.48. The first-order chi connectivity index (χ1) is 10.4. The molecule has 0 saturated heterocycles. The number of hydrogen-bond acceptors (Lipinski definition) is 8. The molecule has 0 spiro atoms. The Morgan fingerprint density at radius 1 is 1.55 bits per heavy atom.